The molecular weight excluding hydrogens is 185 g/mol. The lowest BCUT2D eigenvalue weighted by Gasteiger charge is -2.15. The maximum atomic E-state index is 12.0. The van der Waals surface area contributed by atoms with Crippen molar-refractivity contribution in [1.82, 2.24) is 9.97 Å². The molecule has 3 nitrogen and oxygen atoms in total. The summed E-state index contributed by atoms with van der Waals surface area (Å²) in [4.78, 5) is 6.93. The first-order chi connectivity index (χ1) is 6.00. The third kappa shape index (κ3) is 2.89. The Morgan fingerprint density at radius 1 is 1.54 bits per heavy atom. The van der Waals surface area contributed by atoms with Crippen molar-refractivity contribution in [3.63, 3.8) is 0 Å². The fourth-order valence-electron chi connectivity index (χ4n) is 0.560. The summed E-state index contributed by atoms with van der Waals surface area (Å²) in [6.07, 6.45) is -1.69. The summed E-state index contributed by atoms with van der Waals surface area (Å²) in [6.45, 7) is 0.898. The first-order valence-electron chi connectivity index (χ1n) is 3.41. The molecule has 0 fully saturated rings. The molecular formula is C7H6F3N2O. The van der Waals surface area contributed by atoms with Gasteiger partial charge in [0.25, 0.3) is 0 Å². The third-order valence-electron chi connectivity index (χ3n) is 1.25. The minimum atomic E-state index is -4.39. The molecule has 0 aliphatic rings. The molecule has 0 amide bonds. The number of halogens is 3. The van der Waals surface area contributed by atoms with Crippen molar-refractivity contribution in [1.29, 1.82) is 0 Å². The minimum Gasteiger partial charge on any atom is -0.464 e. The van der Waals surface area contributed by atoms with Crippen molar-refractivity contribution in [2.75, 3.05) is 0 Å². The van der Waals surface area contributed by atoms with Crippen LogP contribution >= 0.6 is 0 Å². The minimum absolute atomic E-state index is 0.188. The van der Waals surface area contributed by atoms with Crippen molar-refractivity contribution in [3.05, 3.63) is 18.6 Å². The zero-order valence-corrected chi connectivity index (χ0v) is 6.67. The van der Waals surface area contributed by atoms with Crippen molar-refractivity contribution >= 4 is 0 Å². The van der Waals surface area contributed by atoms with Crippen LogP contribution in [0.1, 0.15) is 6.92 Å². The maximum absolute atomic E-state index is 12.0. The van der Waals surface area contributed by atoms with E-state index in [-0.39, 0.29) is 5.88 Å². The summed E-state index contributed by atoms with van der Waals surface area (Å²) < 4.78 is 40.3. The smallest absolute Gasteiger partial charge is 0.425 e. The van der Waals surface area contributed by atoms with Gasteiger partial charge in [0.2, 0.25) is 5.88 Å². The topological polar surface area (TPSA) is 35.0 Å². The number of ether oxygens (including phenoxy) is 1. The average molecular weight is 191 g/mol. The van der Waals surface area contributed by atoms with E-state index in [4.69, 9.17) is 0 Å². The van der Waals surface area contributed by atoms with Crippen LogP contribution in [-0.2, 0) is 0 Å². The second-order valence-corrected chi connectivity index (χ2v) is 2.29. The van der Waals surface area contributed by atoms with E-state index in [1.54, 1.807) is 0 Å². The largest absolute Gasteiger partial charge is 0.464 e. The van der Waals surface area contributed by atoms with Crippen LogP contribution in [0.3, 0.4) is 0 Å². The quantitative estimate of drug-likeness (QED) is 0.712. The van der Waals surface area contributed by atoms with Gasteiger partial charge in [-0.1, -0.05) is 0 Å². The van der Waals surface area contributed by atoms with Crippen LogP contribution in [0.2, 0.25) is 0 Å². The number of hydrogen-bond donors (Lipinski definition) is 0. The zero-order valence-electron chi connectivity index (χ0n) is 6.67. The van der Waals surface area contributed by atoms with Gasteiger partial charge in [0.05, 0.1) is 12.4 Å². The summed E-state index contributed by atoms with van der Waals surface area (Å²) in [6, 6.07) is 0. The Hall–Kier alpha value is -1.33. The number of alkyl halides is 3. The van der Waals surface area contributed by atoms with E-state index >= 15 is 0 Å². The SMILES string of the molecule is CC(Oc1cnc[c]n1)C(F)(F)F. The van der Waals surface area contributed by atoms with E-state index in [1.807, 2.05) is 0 Å². The summed E-state index contributed by atoms with van der Waals surface area (Å²) in [7, 11) is 0. The Kier molecular flexibility index (Phi) is 2.69. The molecule has 0 saturated heterocycles. The zero-order chi connectivity index (χ0) is 9.90. The van der Waals surface area contributed by atoms with Crippen molar-refractivity contribution in [2.45, 2.75) is 19.2 Å². The molecule has 0 bridgehead atoms. The molecule has 1 heterocycles. The Balaban J connectivity index is 2.61. The van der Waals surface area contributed by atoms with Crippen molar-refractivity contribution < 1.29 is 17.9 Å². The van der Waals surface area contributed by atoms with E-state index in [9.17, 15) is 13.2 Å². The average Bonchev–Trinajstić information content (AvgIpc) is 2.04. The van der Waals surface area contributed by atoms with Crippen LogP contribution < -0.4 is 4.74 Å². The number of aromatic nitrogens is 2. The Morgan fingerprint density at radius 2 is 2.23 bits per heavy atom. The molecule has 0 aliphatic heterocycles. The molecule has 1 aromatic rings. The monoisotopic (exact) mass is 191 g/mol. The highest BCUT2D eigenvalue weighted by molar-refractivity contribution is 5.01. The number of hydrogen-bond acceptors (Lipinski definition) is 3. The van der Waals surface area contributed by atoms with Gasteiger partial charge in [0.15, 0.2) is 6.10 Å². The molecule has 13 heavy (non-hydrogen) atoms. The first-order valence-corrected chi connectivity index (χ1v) is 3.41. The van der Waals surface area contributed by atoms with E-state index in [0.717, 1.165) is 13.1 Å². The Labute approximate surface area is 72.6 Å². The fraction of sp³-hybridized carbons (Fsp3) is 0.429. The van der Waals surface area contributed by atoms with E-state index < -0.39 is 12.3 Å². The van der Waals surface area contributed by atoms with Crippen molar-refractivity contribution in [2.24, 2.45) is 0 Å². The lowest BCUT2D eigenvalue weighted by molar-refractivity contribution is -0.190. The van der Waals surface area contributed by atoms with Crippen LogP contribution in [0.15, 0.2) is 12.4 Å². The molecule has 0 N–H and O–H groups in total. The second-order valence-electron chi connectivity index (χ2n) is 2.29. The third-order valence-corrected chi connectivity index (χ3v) is 1.25. The summed E-state index contributed by atoms with van der Waals surface area (Å²) >= 11 is 0. The molecule has 1 radical (unpaired) electrons. The molecule has 1 aromatic heterocycles. The lowest BCUT2D eigenvalue weighted by Crippen LogP contribution is -2.31. The molecule has 6 heteroatoms. The van der Waals surface area contributed by atoms with Gasteiger partial charge in [-0.05, 0) is 6.92 Å². The summed E-state index contributed by atoms with van der Waals surface area (Å²) in [5.74, 6) is -0.188. The van der Waals surface area contributed by atoms with Gasteiger partial charge in [-0.2, -0.15) is 13.2 Å². The number of rotatable bonds is 2. The van der Waals surface area contributed by atoms with Gasteiger partial charge in [0, 0.05) is 0 Å². The van der Waals surface area contributed by atoms with Crippen LogP contribution in [0.5, 0.6) is 5.88 Å². The standard InChI is InChI=1S/C7H6F3N2O/c1-5(7(8,9)10)13-6-4-11-2-3-12-6/h2,4-5H,1H3. The maximum Gasteiger partial charge on any atom is 0.425 e. The van der Waals surface area contributed by atoms with Gasteiger partial charge in [0.1, 0.15) is 6.20 Å². The number of nitrogens with zero attached hydrogens (tertiary/aromatic N) is 2. The summed E-state index contributed by atoms with van der Waals surface area (Å²) in [5, 5.41) is 0. The molecule has 0 spiro atoms. The Morgan fingerprint density at radius 3 is 2.69 bits per heavy atom. The van der Waals surface area contributed by atoms with Crippen LogP contribution in [-0.4, -0.2) is 22.2 Å². The molecule has 1 atom stereocenters. The van der Waals surface area contributed by atoms with Crippen LogP contribution in [0, 0.1) is 6.20 Å². The van der Waals surface area contributed by atoms with E-state index in [0.29, 0.717) is 0 Å². The van der Waals surface area contributed by atoms with Gasteiger partial charge >= 0.3 is 6.18 Å². The van der Waals surface area contributed by atoms with Gasteiger partial charge in [-0.15, -0.1) is 0 Å². The predicted molar refractivity (Wildman–Crippen MR) is 37.0 cm³/mol. The van der Waals surface area contributed by atoms with Gasteiger partial charge < -0.3 is 4.74 Å². The molecule has 71 valence electrons. The Bertz CT molecular complexity index is 262. The highest BCUT2D eigenvalue weighted by Gasteiger charge is 2.38. The first kappa shape index (κ1) is 9.76. The highest BCUT2D eigenvalue weighted by atomic mass is 19.4. The lowest BCUT2D eigenvalue weighted by atomic mass is 10.4. The fourth-order valence-corrected chi connectivity index (χ4v) is 0.560. The molecule has 1 rings (SSSR count). The second kappa shape index (κ2) is 3.59. The molecule has 0 aliphatic carbocycles. The normalized spacial score (nSPS) is 13.8. The van der Waals surface area contributed by atoms with Crippen LogP contribution in [0.25, 0.3) is 0 Å². The van der Waals surface area contributed by atoms with E-state index in [1.165, 1.54) is 6.20 Å². The molecule has 0 saturated carbocycles. The van der Waals surface area contributed by atoms with Gasteiger partial charge in [-0.25, -0.2) is 4.98 Å². The highest BCUT2D eigenvalue weighted by Crippen LogP contribution is 2.23. The van der Waals surface area contributed by atoms with Crippen LogP contribution in [0.4, 0.5) is 13.2 Å². The van der Waals surface area contributed by atoms with Gasteiger partial charge in [-0.3, -0.25) is 4.98 Å². The summed E-state index contributed by atoms with van der Waals surface area (Å²) in [5.41, 5.74) is 0. The van der Waals surface area contributed by atoms with Crippen molar-refractivity contribution in [3.8, 4) is 5.88 Å². The predicted octanol–water partition coefficient (Wildman–Crippen LogP) is 1.61. The molecule has 1 unspecified atom stereocenters. The van der Waals surface area contributed by atoms with E-state index in [2.05, 4.69) is 20.9 Å². The molecule has 0 aromatic carbocycles.